The second-order valence-corrected chi connectivity index (χ2v) is 7.81. The number of amides is 2. The first-order valence-corrected chi connectivity index (χ1v) is 9.09. The monoisotopic (exact) mass is 388 g/mol. The Labute approximate surface area is 165 Å². The quantitative estimate of drug-likeness (QED) is 0.757. The molecule has 0 aliphatic heterocycles. The van der Waals surface area contributed by atoms with Gasteiger partial charge in [0.15, 0.2) is 6.10 Å². The van der Waals surface area contributed by atoms with Gasteiger partial charge in [-0.3, -0.25) is 9.59 Å². The fraction of sp³-hybridized carbons (Fsp3) is 0.333. The van der Waals surface area contributed by atoms with Gasteiger partial charge in [0.1, 0.15) is 5.75 Å². The second-order valence-electron chi connectivity index (χ2n) is 7.40. The van der Waals surface area contributed by atoms with Crippen LogP contribution in [0.1, 0.15) is 40.2 Å². The van der Waals surface area contributed by atoms with Crippen molar-refractivity contribution in [3.63, 3.8) is 0 Å². The lowest BCUT2D eigenvalue weighted by Gasteiger charge is -2.21. The molecule has 1 unspecified atom stereocenters. The fourth-order valence-corrected chi connectivity index (χ4v) is 2.65. The number of anilines is 2. The molecule has 0 radical (unpaired) electrons. The Hall–Kier alpha value is -2.53. The van der Waals surface area contributed by atoms with E-state index in [2.05, 4.69) is 31.4 Å². The van der Waals surface area contributed by atoms with E-state index < -0.39 is 6.10 Å². The summed E-state index contributed by atoms with van der Waals surface area (Å²) in [6.45, 7) is 9.45. The molecule has 0 aliphatic rings. The fourth-order valence-electron chi connectivity index (χ4n) is 2.43. The molecule has 27 heavy (non-hydrogen) atoms. The van der Waals surface area contributed by atoms with E-state index in [-0.39, 0.29) is 17.2 Å². The third-order valence-corrected chi connectivity index (χ3v) is 4.24. The Morgan fingerprint density at radius 3 is 2.37 bits per heavy atom. The molecule has 0 saturated carbocycles. The highest BCUT2D eigenvalue weighted by molar-refractivity contribution is 6.34. The molecule has 5 nitrogen and oxygen atoms in total. The van der Waals surface area contributed by atoms with Crippen LogP contribution in [0.5, 0.6) is 5.75 Å². The van der Waals surface area contributed by atoms with E-state index in [9.17, 15) is 9.59 Å². The maximum Gasteiger partial charge on any atom is 0.265 e. The van der Waals surface area contributed by atoms with E-state index in [1.807, 2.05) is 24.3 Å². The van der Waals surface area contributed by atoms with Crippen molar-refractivity contribution in [3.05, 3.63) is 53.1 Å². The zero-order chi connectivity index (χ0) is 20.2. The van der Waals surface area contributed by atoms with Crippen molar-refractivity contribution in [1.29, 1.82) is 0 Å². The Kier molecular flexibility index (Phi) is 6.50. The number of hydrogen-bond acceptors (Lipinski definition) is 3. The number of carbonyl (C=O) groups excluding carboxylic acids is 2. The van der Waals surface area contributed by atoms with Gasteiger partial charge in [-0.25, -0.2) is 0 Å². The van der Waals surface area contributed by atoms with Crippen LogP contribution in [-0.4, -0.2) is 17.9 Å². The first kappa shape index (κ1) is 20.8. The number of ether oxygens (including phenoxy) is 1. The summed E-state index contributed by atoms with van der Waals surface area (Å²) in [6, 6.07) is 12.6. The van der Waals surface area contributed by atoms with Gasteiger partial charge < -0.3 is 15.4 Å². The van der Waals surface area contributed by atoms with Crippen LogP contribution in [-0.2, 0) is 15.0 Å². The molecule has 0 heterocycles. The standard InChI is InChI=1S/C21H25ClN2O3/c1-13(27-17-8-6-7-15(11-17)21(3,4)5)20(26)24-19-10-9-16(12-18(19)22)23-14(2)25/h6-13H,1-5H3,(H,23,25)(H,24,26). The summed E-state index contributed by atoms with van der Waals surface area (Å²) in [7, 11) is 0. The summed E-state index contributed by atoms with van der Waals surface area (Å²) in [5.74, 6) is 0.130. The summed E-state index contributed by atoms with van der Waals surface area (Å²) >= 11 is 6.19. The van der Waals surface area contributed by atoms with Gasteiger partial charge in [-0.15, -0.1) is 0 Å². The van der Waals surface area contributed by atoms with Crippen LogP contribution in [0.2, 0.25) is 5.02 Å². The van der Waals surface area contributed by atoms with Gasteiger partial charge in [-0.2, -0.15) is 0 Å². The minimum Gasteiger partial charge on any atom is -0.481 e. The number of nitrogens with one attached hydrogen (secondary N) is 2. The highest BCUT2D eigenvalue weighted by Crippen LogP contribution is 2.27. The summed E-state index contributed by atoms with van der Waals surface area (Å²) in [5, 5.41) is 5.72. The van der Waals surface area contributed by atoms with Gasteiger partial charge in [0.05, 0.1) is 10.7 Å². The Morgan fingerprint density at radius 2 is 1.78 bits per heavy atom. The van der Waals surface area contributed by atoms with E-state index >= 15 is 0 Å². The normalized spacial score (nSPS) is 12.2. The SMILES string of the molecule is CC(=O)Nc1ccc(NC(=O)C(C)Oc2cccc(C(C)(C)C)c2)c(Cl)c1. The van der Waals surface area contributed by atoms with Crippen LogP contribution in [0.25, 0.3) is 0 Å². The number of hydrogen-bond donors (Lipinski definition) is 2. The third kappa shape index (κ3) is 6.00. The molecule has 2 amide bonds. The molecule has 1 atom stereocenters. The Morgan fingerprint density at radius 1 is 1.07 bits per heavy atom. The molecule has 0 aromatic heterocycles. The van der Waals surface area contributed by atoms with E-state index in [1.165, 1.54) is 6.92 Å². The van der Waals surface area contributed by atoms with Crippen LogP contribution in [0, 0.1) is 0 Å². The summed E-state index contributed by atoms with van der Waals surface area (Å²) in [6.07, 6.45) is -0.702. The lowest BCUT2D eigenvalue weighted by molar-refractivity contribution is -0.122. The maximum atomic E-state index is 12.4. The number of rotatable bonds is 5. The second kappa shape index (κ2) is 8.44. The van der Waals surface area contributed by atoms with Crippen LogP contribution < -0.4 is 15.4 Å². The lowest BCUT2D eigenvalue weighted by atomic mass is 9.87. The molecule has 0 bridgehead atoms. The topological polar surface area (TPSA) is 67.4 Å². The van der Waals surface area contributed by atoms with Gasteiger partial charge in [0.25, 0.3) is 5.91 Å². The molecule has 0 fully saturated rings. The molecule has 2 aromatic rings. The molecule has 0 saturated heterocycles. The molecule has 2 aromatic carbocycles. The minimum absolute atomic E-state index is 0.00591. The Bertz CT molecular complexity index is 844. The van der Waals surface area contributed by atoms with Crippen LogP contribution in [0.4, 0.5) is 11.4 Å². The number of benzene rings is 2. The first-order valence-electron chi connectivity index (χ1n) is 8.71. The van der Waals surface area contributed by atoms with Crippen molar-refractivity contribution in [2.45, 2.75) is 46.1 Å². The third-order valence-electron chi connectivity index (χ3n) is 3.93. The zero-order valence-electron chi connectivity index (χ0n) is 16.2. The van der Waals surface area contributed by atoms with Gasteiger partial charge in [0, 0.05) is 12.6 Å². The van der Waals surface area contributed by atoms with Crippen LogP contribution >= 0.6 is 11.6 Å². The van der Waals surface area contributed by atoms with E-state index in [1.54, 1.807) is 25.1 Å². The van der Waals surface area contributed by atoms with E-state index in [0.717, 1.165) is 5.56 Å². The number of carbonyl (C=O) groups is 2. The predicted octanol–water partition coefficient (Wildman–Crippen LogP) is 5.00. The molecule has 6 heteroatoms. The van der Waals surface area contributed by atoms with Crippen LogP contribution in [0.3, 0.4) is 0 Å². The molecule has 0 aliphatic carbocycles. The van der Waals surface area contributed by atoms with Crippen molar-refractivity contribution in [1.82, 2.24) is 0 Å². The van der Waals surface area contributed by atoms with E-state index in [4.69, 9.17) is 16.3 Å². The summed E-state index contributed by atoms with van der Waals surface area (Å²) in [5.41, 5.74) is 2.14. The van der Waals surface area contributed by atoms with Crippen molar-refractivity contribution < 1.29 is 14.3 Å². The predicted molar refractivity (Wildman–Crippen MR) is 110 cm³/mol. The average Bonchev–Trinajstić information content (AvgIpc) is 2.56. The maximum absolute atomic E-state index is 12.4. The van der Waals surface area contributed by atoms with Gasteiger partial charge in [-0.05, 0) is 48.2 Å². The highest BCUT2D eigenvalue weighted by Gasteiger charge is 2.18. The zero-order valence-corrected chi connectivity index (χ0v) is 17.0. The Balaban J connectivity index is 2.05. The van der Waals surface area contributed by atoms with Crippen LogP contribution in [0.15, 0.2) is 42.5 Å². The number of halogens is 1. The average molecular weight is 389 g/mol. The molecule has 2 rings (SSSR count). The minimum atomic E-state index is -0.702. The van der Waals surface area contributed by atoms with Gasteiger partial charge in [0.2, 0.25) is 5.91 Å². The van der Waals surface area contributed by atoms with Crippen molar-refractivity contribution in [2.24, 2.45) is 0 Å². The molecular weight excluding hydrogens is 364 g/mol. The van der Waals surface area contributed by atoms with Crippen molar-refractivity contribution >= 4 is 34.8 Å². The van der Waals surface area contributed by atoms with Gasteiger partial charge >= 0.3 is 0 Å². The summed E-state index contributed by atoms with van der Waals surface area (Å²) < 4.78 is 5.79. The lowest BCUT2D eigenvalue weighted by Crippen LogP contribution is -2.30. The first-order chi connectivity index (χ1) is 12.6. The highest BCUT2D eigenvalue weighted by atomic mass is 35.5. The smallest absolute Gasteiger partial charge is 0.265 e. The largest absolute Gasteiger partial charge is 0.481 e. The molecule has 2 N–H and O–H groups in total. The van der Waals surface area contributed by atoms with Gasteiger partial charge in [-0.1, -0.05) is 44.5 Å². The van der Waals surface area contributed by atoms with E-state index in [0.29, 0.717) is 22.1 Å². The van der Waals surface area contributed by atoms with Crippen molar-refractivity contribution in [2.75, 3.05) is 10.6 Å². The van der Waals surface area contributed by atoms with Crippen molar-refractivity contribution in [3.8, 4) is 5.75 Å². The molecular formula is C21H25ClN2O3. The molecule has 0 spiro atoms. The summed E-state index contributed by atoms with van der Waals surface area (Å²) in [4.78, 5) is 23.5. The molecule has 144 valence electrons.